The van der Waals surface area contributed by atoms with Crippen LogP contribution in [0.5, 0.6) is 0 Å². The molecule has 1 unspecified atom stereocenters. The zero-order valence-corrected chi connectivity index (χ0v) is 14.6. The van der Waals surface area contributed by atoms with Gasteiger partial charge in [0.25, 0.3) is 0 Å². The monoisotopic (exact) mass is 323 g/mol. The molecule has 1 heterocycles. The Morgan fingerprint density at radius 1 is 1.04 bits per heavy atom. The number of rotatable bonds is 3. The van der Waals surface area contributed by atoms with E-state index in [1.165, 1.54) is 11.1 Å². The van der Waals surface area contributed by atoms with Crippen molar-refractivity contribution in [2.45, 2.75) is 51.3 Å². The average molecular weight is 323 g/mol. The van der Waals surface area contributed by atoms with Crippen LogP contribution in [0.25, 0.3) is 0 Å². The average Bonchev–Trinajstić information content (AvgIpc) is 2.54. The van der Waals surface area contributed by atoms with E-state index in [4.69, 9.17) is 4.74 Å². The highest BCUT2D eigenvalue weighted by Crippen LogP contribution is 2.29. The molecule has 0 amide bonds. The minimum Gasteiger partial charge on any atom is -0.459 e. The summed E-state index contributed by atoms with van der Waals surface area (Å²) < 4.78 is 5.77. The van der Waals surface area contributed by atoms with E-state index < -0.39 is 11.1 Å². The van der Waals surface area contributed by atoms with Crippen molar-refractivity contribution in [3.05, 3.63) is 71.3 Å². The van der Waals surface area contributed by atoms with Crippen molar-refractivity contribution in [1.82, 2.24) is 5.32 Å². The van der Waals surface area contributed by atoms with E-state index in [1.54, 1.807) is 0 Å². The van der Waals surface area contributed by atoms with Crippen LogP contribution in [0.2, 0.25) is 0 Å². The first kappa shape index (κ1) is 16.7. The maximum atomic E-state index is 13.1. The zero-order chi connectivity index (χ0) is 17.2. The maximum absolute atomic E-state index is 13.1. The molecule has 3 nitrogen and oxygen atoms in total. The number of nitrogens with one attached hydrogen (secondary N) is 1. The predicted octanol–water partition coefficient (Wildman–Crippen LogP) is 3.66. The van der Waals surface area contributed by atoms with Crippen LogP contribution in [0.3, 0.4) is 0 Å². The van der Waals surface area contributed by atoms with Gasteiger partial charge in [0.1, 0.15) is 11.1 Å². The second-order valence-corrected chi connectivity index (χ2v) is 7.55. The fraction of sp³-hybridized carbons (Fsp3) is 0.381. The minimum absolute atomic E-state index is 0.173. The van der Waals surface area contributed by atoms with Gasteiger partial charge in [-0.25, -0.2) is 0 Å². The van der Waals surface area contributed by atoms with E-state index in [0.717, 1.165) is 5.56 Å². The molecule has 0 saturated heterocycles. The van der Waals surface area contributed by atoms with Gasteiger partial charge in [0.2, 0.25) is 0 Å². The number of carbonyl (C=O) groups is 1. The summed E-state index contributed by atoms with van der Waals surface area (Å²) in [5.41, 5.74) is 2.39. The van der Waals surface area contributed by atoms with Crippen LogP contribution in [0.15, 0.2) is 54.6 Å². The molecule has 126 valence electrons. The maximum Gasteiger partial charge on any atom is 0.327 e. The highest BCUT2D eigenvalue weighted by Gasteiger charge is 2.44. The largest absolute Gasteiger partial charge is 0.459 e. The van der Waals surface area contributed by atoms with Gasteiger partial charge in [0.15, 0.2) is 0 Å². The van der Waals surface area contributed by atoms with Crippen molar-refractivity contribution in [1.29, 1.82) is 0 Å². The molecule has 24 heavy (non-hydrogen) atoms. The number of benzene rings is 2. The standard InChI is InChI=1S/C21H25NO2/c1-20(2,3)24-19(23)21(13-16-9-5-4-6-10-16)14-17-11-7-8-12-18(17)15-22-21/h4-12,22H,13-15H2,1-3H3. The van der Waals surface area contributed by atoms with Crippen LogP contribution in [0.4, 0.5) is 0 Å². The van der Waals surface area contributed by atoms with Gasteiger partial charge >= 0.3 is 5.97 Å². The topological polar surface area (TPSA) is 38.3 Å². The molecular weight excluding hydrogens is 298 g/mol. The molecule has 0 aromatic heterocycles. The number of esters is 1. The van der Waals surface area contributed by atoms with Crippen molar-refractivity contribution >= 4 is 5.97 Å². The molecule has 1 atom stereocenters. The van der Waals surface area contributed by atoms with E-state index in [2.05, 4.69) is 29.6 Å². The van der Waals surface area contributed by atoms with Gasteiger partial charge in [-0.15, -0.1) is 0 Å². The second-order valence-electron chi connectivity index (χ2n) is 7.55. The fourth-order valence-corrected chi connectivity index (χ4v) is 3.22. The van der Waals surface area contributed by atoms with E-state index in [0.29, 0.717) is 19.4 Å². The molecule has 0 saturated carbocycles. The molecule has 3 heteroatoms. The van der Waals surface area contributed by atoms with E-state index in [1.807, 2.05) is 51.1 Å². The summed E-state index contributed by atoms with van der Waals surface area (Å²) in [6.45, 7) is 6.43. The Morgan fingerprint density at radius 3 is 2.33 bits per heavy atom. The molecule has 1 aliphatic heterocycles. The first-order chi connectivity index (χ1) is 11.4. The Morgan fingerprint density at radius 2 is 1.67 bits per heavy atom. The van der Waals surface area contributed by atoms with Crippen LogP contribution in [-0.4, -0.2) is 17.1 Å². The molecule has 0 radical (unpaired) electrons. The fourth-order valence-electron chi connectivity index (χ4n) is 3.22. The number of carbonyl (C=O) groups excluding carboxylic acids is 1. The van der Waals surface area contributed by atoms with Gasteiger partial charge in [-0.2, -0.15) is 0 Å². The summed E-state index contributed by atoms with van der Waals surface area (Å²) >= 11 is 0. The first-order valence-corrected chi connectivity index (χ1v) is 8.47. The Hall–Kier alpha value is -2.13. The van der Waals surface area contributed by atoms with Gasteiger partial charge in [0, 0.05) is 19.4 Å². The van der Waals surface area contributed by atoms with Crippen molar-refractivity contribution in [2.75, 3.05) is 0 Å². The Labute approximate surface area is 144 Å². The summed E-state index contributed by atoms with van der Waals surface area (Å²) in [4.78, 5) is 13.1. The minimum atomic E-state index is -0.719. The third kappa shape index (κ3) is 3.68. The van der Waals surface area contributed by atoms with Crippen molar-refractivity contribution in [2.24, 2.45) is 0 Å². The molecule has 0 bridgehead atoms. The summed E-state index contributed by atoms with van der Waals surface area (Å²) in [7, 11) is 0. The lowest BCUT2D eigenvalue weighted by Crippen LogP contribution is -2.59. The molecule has 0 spiro atoms. The van der Waals surface area contributed by atoms with Crippen LogP contribution in [0, 0.1) is 0 Å². The molecule has 1 N–H and O–H groups in total. The quantitative estimate of drug-likeness (QED) is 0.876. The van der Waals surface area contributed by atoms with Gasteiger partial charge in [-0.3, -0.25) is 10.1 Å². The van der Waals surface area contributed by atoms with Crippen molar-refractivity contribution in [3.8, 4) is 0 Å². The molecule has 1 aliphatic rings. The molecular formula is C21H25NO2. The van der Waals surface area contributed by atoms with Crippen LogP contribution >= 0.6 is 0 Å². The summed E-state index contributed by atoms with van der Waals surface area (Å²) in [6.07, 6.45) is 1.27. The normalized spacial score (nSPS) is 20.3. The van der Waals surface area contributed by atoms with E-state index >= 15 is 0 Å². The van der Waals surface area contributed by atoms with Crippen LogP contribution in [0.1, 0.15) is 37.5 Å². The predicted molar refractivity (Wildman–Crippen MR) is 95.7 cm³/mol. The summed E-state index contributed by atoms with van der Waals surface area (Å²) in [6, 6.07) is 18.4. The number of fused-ring (bicyclic) bond motifs is 1. The molecule has 0 aliphatic carbocycles. The molecule has 0 fully saturated rings. The Balaban J connectivity index is 1.94. The summed E-state index contributed by atoms with van der Waals surface area (Å²) in [5.74, 6) is -0.173. The Bertz CT molecular complexity index is 718. The lowest BCUT2D eigenvalue weighted by Gasteiger charge is -2.39. The summed E-state index contributed by atoms with van der Waals surface area (Å²) in [5, 5.41) is 3.49. The first-order valence-electron chi connectivity index (χ1n) is 8.47. The van der Waals surface area contributed by atoms with Gasteiger partial charge in [-0.1, -0.05) is 54.6 Å². The number of hydrogen-bond donors (Lipinski definition) is 1. The smallest absolute Gasteiger partial charge is 0.327 e. The molecule has 2 aromatic rings. The number of hydrogen-bond acceptors (Lipinski definition) is 3. The van der Waals surface area contributed by atoms with E-state index in [9.17, 15) is 4.79 Å². The number of ether oxygens (including phenoxy) is 1. The van der Waals surface area contributed by atoms with Crippen LogP contribution in [-0.2, 0) is 28.9 Å². The van der Waals surface area contributed by atoms with Gasteiger partial charge < -0.3 is 4.74 Å². The third-order valence-corrected chi connectivity index (χ3v) is 4.37. The van der Waals surface area contributed by atoms with Crippen LogP contribution < -0.4 is 5.32 Å². The van der Waals surface area contributed by atoms with Gasteiger partial charge in [-0.05, 0) is 37.5 Å². The Kier molecular flexibility index (Phi) is 4.46. The molecule has 2 aromatic carbocycles. The van der Waals surface area contributed by atoms with Crippen molar-refractivity contribution in [3.63, 3.8) is 0 Å². The highest BCUT2D eigenvalue weighted by atomic mass is 16.6. The zero-order valence-electron chi connectivity index (χ0n) is 14.6. The molecule has 3 rings (SSSR count). The third-order valence-electron chi connectivity index (χ3n) is 4.37. The lowest BCUT2D eigenvalue weighted by atomic mass is 9.80. The highest BCUT2D eigenvalue weighted by molar-refractivity contribution is 5.82. The van der Waals surface area contributed by atoms with E-state index in [-0.39, 0.29) is 5.97 Å². The van der Waals surface area contributed by atoms with Crippen molar-refractivity contribution < 1.29 is 9.53 Å². The lowest BCUT2D eigenvalue weighted by molar-refractivity contribution is -0.163. The van der Waals surface area contributed by atoms with Gasteiger partial charge in [0.05, 0.1) is 0 Å². The SMILES string of the molecule is CC(C)(C)OC(=O)C1(Cc2ccccc2)Cc2ccccc2CN1. The second kappa shape index (κ2) is 6.40.